The monoisotopic (exact) mass is 303 g/mol. The molecule has 3 heteroatoms. The summed E-state index contributed by atoms with van der Waals surface area (Å²) in [4.78, 5) is 2.62. The maximum absolute atomic E-state index is 2.62. The summed E-state index contributed by atoms with van der Waals surface area (Å²) in [5.41, 5.74) is 0. The summed E-state index contributed by atoms with van der Waals surface area (Å²) in [6.45, 7) is 13.1. The number of hydrogen-bond donors (Lipinski definition) is 0. The van der Waals surface area contributed by atoms with Crippen molar-refractivity contribution in [3.8, 4) is 0 Å². The summed E-state index contributed by atoms with van der Waals surface area (Å²) >= 11 is 4.29. The fourth-order valence-corrected chi connectivity index (χ4v) is 4.22. The zero-order valence-corrected chi connectivity index (χ0v) is 15.0. The van der Waals surface area contributed by atoms with E-state index in [0.29, 0.717) is 0 Å². The Bertz CT molecular complexity index is 217. The fraction of sp³-hybridized carbons (Fsp3) is 1.00. The molecule has 1 nitrogen and oxygen atoms in total. The van der Waals surface area contributed by atoms with E-state index in [1.807, 2.05) is 0 Å². The molecular weight excluding hydrogens is 270 g/mol. The fourth-order valence-electron chi connectivity index (χ4n) is 2.12. The van der Waals surface area contributed by atoms with Crippen molar-refractivity contribution in [3.05, 3.63) is 0 Å². The normalized spacial score (nSPS) is 17.4. The zero-order chi connectivity index (χ0) is 14.1. The Labute approximate surface area is 129 Å². The summed E-state index contributed by atoms with van der Waals surface area (Å²) < 4.78 is 0. The van der Waals surface area contributed by atoms with Crippen LogP contribution in [0.1, 0.15) is 53.4 Å². The molecule has 0 radical (unpaired) electrons. The standard InChI is InChI=1S/C16H33NS2/c1-5-17(11-12-18-14(2)3)10-6-7-15(4)19-13-16-8-9-16/h14-16H,5-13H2,1-4H3. The molecule has 0 bridgehead atoms. The molecule has 0 amide bonds. The second kappa shape index (κ2) is 10.4. The van der Waals surface area contributed by atoms with Gasteiger partial charge in [0.1, 0.15) is 0 Å². The van der Waals surface area contributed by atoms with Gasteiger partial charge < -0.3 is 4.90 Å². The van der Waals surface area contributed by atoms with Crippen LogP contribution in [0.3, 0.4) is 0 Å². The van der Waals surface area contributed by atoms with Gasteiger partial charge in [-0.2, -0.15) is 23.5 Å². The second-order valence-electron chi connectivity index (χ2n) is 6.08. The van der Waals surface area contributed by atoms with Crippen LogP contribution in [0.15, 0.2) is 0 Å². The lowest BCUT2D eigenvalue weighted by Crippen LogP contribution is -2.27. The molecule has 1 aliphatic carbocycles. The van der Waals surface area contributed by atoms with Crippen molar-refractivity contribution in [2.24, 2.45) is 5.92 Å². The molecule has 1 unspecified atom stereocenters. The minimum absolute atomic E-state index is 0.776. The quantitative estimate of drug-likeness (QED) is 0.511. The maximum atomic E-state index is 2.62. The van der Waals surface area contributed by atoms with E-state index in [9.17, 15) is 0 Å². The smallest absolute Gasteiger partial charge is 0.00723 e. The molecule has 0 aromatic heterocycles. The lowest BCUT2D eigenvalue weighted by atomic mass is 10.2. The molecule has 114 valence electrons. The molecular formula is C16H33NS2. The summed E-state index contributed by atoms with van der Waals surface area (Å²) in [6.07, 6.45) is 5.76. The minimum Gasteiger partial charge on any atom is -0.303 e. The molecule has 0 heterocycles. The molecule has 1 aliphatic rings. The lowest BCUT2D eigenvalue weighted by molar-refractivity contribution is 0.299. The van der Waals surface area contributed by atoms with Gasteiger partial charge in [0.2, 0.25) is 0 Å². The number of rotatable bonds is 12. The van der Waals surface area contributed by atoms with Crippen molar-refractivity contribution >= 4 is 23.5 Å². The Kier molecular flexibility index (Phi) is 9.69. The highest BCUT2D eigenvalue weighted by Gasteiger charge is 2.21. The third-order valence-corrected chi connectivity index (χ3v) is 6.26. The number of thioether (sulfide) groups is 2. The van der Waals surface area contributed by atoms with Crippen molar-refractivity contribution in [3.63, 3.8) is 0 Å². The third kappa shape index (κ3) is 10.1. The van der Waals surface area contributed by atoms with Crippen molar-refractivity contribution in [2.75, 3.05) is 31.1 Å². The Morgan fingerprint density at radius 3 is 2.42 bits per heavy atom. The summed E-state index contributed by atoms with van der Waals surface area (Å²) in [6, 6.07) is 0. The summed E-state index contributed by atoms with van der Waals surface area (Å²) in [5.74, 6) is 3.79. The van der Waals surface area contributed by atoms with Crippen molar-refractivity contribution in [1.29, 1.82) is 0 Å². The number of nitrogens with zero attached hydrogens (tertiary/aromatic N) is 1. The first-order chi connectivity index (χ1) is 9.11. The highest BCUT2D eigenvalue weighted by atomic mass is 32.2. The predicted molar refractivity (Wildman–Crippen MR) is 93.6 cm³/mol. The summed E-state index contributed by atoms with van der Waals surface area (Å²) in [7, 11) is 0. The van der Waals surface area contributed by atoms with Crippen LogP contribution in [-0.4, -0.2) is 46.5 Å². The van der Waals surface area contributed by atoms with Crippen LogP contribution in [0.5, 0.6) is 0 Å². The Morgan fingerprint density at radius 1 is 1.11 bits per heavy atom. The molecule has 19 heavy (non-hydrogen) atoms. The van der Waals surface area contributed by atoms with Crippen LogP contribution < -0.4 is 0 Å². The molecule has 0 spiro atoms. The zero-order valence-electron chi connectivity index (χ0n) is 13.4. The Balaban J connectivity index is 1.97. The molecule has 1 rings (SSSR count). The highest BCUT2D eigenvalue weighted by Crippen LogP contribution is 2.34. The molecule has 0 saturated heterocycles. The molecule has 0 aromatic carbocycles. The van der Waals surface area contributed by atoms with E-state index in [1.54, 1.807) is 0 Å². The van der Waals surface area contributed by atoms with Gasteiger partial charge in [0, 0.05) is 17.5 Å². The van der Waals surface area contributed by atoms with Gasteiger partial charge in [-0.3, -0.25) is 0 Å². The van der Waals surface area contributed by atoms with Gasteiger partial charge in [-0.25, -0.2) is 0 Å². The molecule has 1 fully saturated rings. The lowest BCUT2D eigenvalue weighted by Gasteiger charge is -2.21. The van der Waals surface area contributed by atoms with Gasteiger partial charge >= 0.3 is 0 Å². The van der Waals surface area contributed by atoms with E-state index in [2.05, 4.69) is 56.1 Å². The average Bonchev–Trinajstić information content (AvgIpc) is 3.18. The molecule has 0 N–H and O–H groups in total. The average molecular weight is 304 g/mol. The molecule has 1 atom stereocenters. The van der Waals surface area contributed by atoms with Crippen molar-refractivity contribution < 1.29 is 0 Å². The largest absolute Gasteiger partial charge is 0.303 e. The van der Waals surface area contributed by atoms with Gasteiger partial charge in [0.25, 0.3) is 0 Å². The van der Waals surface area contributed by atoms with Crippen LogP contribution in [0, 0.1) is 5.92 Å². The van der Waals surface area contributed by atoms with Crippen LogP contribution in [0.4, 0.5) is 0 Å². The van der Waals surface area contributed by atoms with Crippen molar-refractivity contribution in [2.45, 2.75) is 63.9 Å². The minimum atomic E-state index is 0.776. The summed E-state index contributed by atoms with van der Waals surface area (Å²) in [5, 5.41) is 1.64. The van der Waals surface area contributed by atoms with Crippen LogP contribution >= 0.6 is 23.5 Å². The van der Waals surface area contributed by atoms with Gasteiger partial charge in [0.15, 0.2) is 0 Å². The molecule has 1 saturated carbocycles. The predicted octanol–water partition coefficient (Wildman–Crippen LogP) is 4.76. The van der Waals surface area contributed by atoms with Gasteiger partial charge in [-0.1, -0.05) is 27.7 Å². The SMILES string of the molecule is CCN(CCCC(C)SCC1CC1)CCSC(C)C. The molecule has 0 aliphatic heterocycles. The highest BCUT2D eigenvalue weighted by molar-refractivity contribution is 8.00. The van der Waals surface area contributed by atoms with Crippen LogP contribution in [0.2, 0.25) is 0 Å². The topological polar surface area (TPSA) is 3.24 Å². The van der Waals surface area contributed by atoms with Gasteiger partial charge in [-0.15, -0.1) is 0 Å². The van der Waals surface area contributed by atoms with Crippen LogP contribution in [-0.2, 0) is 0 Å². The first-order valence-electron chi connectivity index (χ1n) is 8.07. The van der Waals surface area contributed by atoms with Crippen LogP contribution in [0.25, 0.3) is 0 Å². The van der Waals surface area contributed by atoms with E-state index in [-0.39, 0.29) is 0 Å². The van der Waals surface area contributed by atoms with E-state index >= 15 is 0 Å². The van der Waals surface area contributed by atoms with E-state index < -0.39 is 0 Å². The Hall–Kier alpha value is 0.660. The first kappa shape index (κ1) is 17.7. The molecule has 0 aromatic rings. The van der Waals surface area contributed by atoms with Gasteiger partial charge in [0.05, 0.1) is 0 Å². The second-order valence-corrected chi connectivity index (χ2v) is 9.24. The van der Waals surface area contributed by atoms with E-state index in [0.717, 1.165) is 16.4 Å². The van der Waals surface area contributed by atoms with E-state index in [4.69, 9.17) is 0 Å². The number of hydrogen-bond acceptors (Lipinski definition) is 3. The maximum Gasteiger partial charge on any atom is 0.00723 e. The van der Waals surface area contributed by atoms with Gasteiger partial charge in [-0.05, 0) is 55.7 Å². The van der Waals surface area contributed by atoms with E-state index in [1.165, 1.54) is 56.8 Å². The first-order valence-corrected chi connectivity index (χ1v) is 10.2. The Morgan fingerprint density at radius 2 is 1.84 bits per heavy atom. The third-order valence-electron chi connectivity index (χ3n) is 3.70. The van der Waals surface area contributed by atoms with Crippen molar-refractivity contribution in [1.82, 2.24) is 4.90 Å².